The van der Waals surface area contributed by atoms with Gasteiger partial charge in [0.25, 0.3) is 0 Å². The van der Waals surface area contributed by atoms with Crippen LogP contribution in [0.4, 0.5) is 0 Å². The van der Waals surface area contributed by atoms with Crippen molar-refractivity contribution < 1.29 is 8.42 Å². The van der Waals surface area contributed by atoms with Crippen molar-refractivity contribution in [1.82, 2.24) is 10.2 Å². The van der Waals surface area contributed by atoms with Crippen LogP contribution < -0.4 is 5.32 Å². The second kappa shape index (κ2) is 6.69. The molecule has 0 spiro atoms. The summed E-state index contributed by atoms with van der Waals surface area (Å²) >= 11 is 0. The molecule has 2 aliphatic rings. The Bertz CT molecular complexity index is 566. The second-order valence-corrected chi connectivity index (χ2v) is 10.4. The van der Waals surface area contributed by atoms with Gasteiger partial charge in [-0.05, 0) is 33.6 Å². The van der Waals surface area contributed by atoms with Gasteiger partial charge in [-0.3, -0.25) is 4.99 Å². The summed E-state index contributed by atoms with van der Waals surface area (Å²) in [5.74, 6) is 1.18. The number of aliphatic imine (C=N–C) groups is 1. The van der Waals surface area contributed by atoms with Crippen LogP contribution in [0.2, 0.25) is 0 Å². The third-order valence-electron chi connectivity index (χ3n) is 5.56. The fraction of sp³-hybridized carbons (Fsp3) is 0.938. The van der Waals surface area contributed by atoms with Crippen molar-refractivity contribution in [2.24, 2.45) is 15.8 Å². The predicted octanol–water partition coefficient (Wildman–Crippen LogP) is 2.52. The molecule has 0 aromatic rings. The van der Waals surface area contributed by atoms with Crippen molar-refractivity contribution in [2.45, 2.75) is 53.0 Å². The highest BCUT2D eigenvalue weighted by Gasteiger charge is 2.54. The Balaban J connectivity index is 0.00000264. The van der Waals surface area contributed by atoms with Crippen LogP contribution in [0.3, 0.4) is 0 Å². The highest BCUT2D eigenvalue weighted by molar-refractivity contribution is 14.0. The number of halogens is 1. The Kier molecular flexibility index (Phi) is 6.11. The maximum Gasteiger partial charge on any atom is 0.194 e. The molecule has 0 radical (unpaired) electrons. The third kappa shape index (κ3) is 4.52. The van der Waals surface area contributed by atoms with Gasteiger partial charge in [-0.15, -0.1) is 24.0 Å². The molecule has 1 saturated heterocycles. The lowest BCUT2D eigenvalue weighted by atomic mass is 9.65. The van der Waals surface area contributed by atoms with Crippen LogP contribution in [0, 0.1) is 10.8 Å². The number of nitrogens with one attached hydrogen (secondary N) is 1. The molecule has 0 unspecified atom stereocenters. The zero-order valence-corrected chi connectivity index (χ0v) is 18.4. The maximum absolute atomic E-state index is 11.6. The van der Waals surface area contributed by atoms with Gasteiger partial charge in [0.05, 0.1) is 5.75 Å². The summed E-state index contributed by atoms with van der Waals surface area (Å²) in [5, 5.41) is 3.37. The topological polar surface area (TPSA) is 61.8 Å². The van der Waals surface area contributed by atoms with Gasteiger partial charge in [-0.1, -0.05) is 13.8 Å². The lowest BCUT2D eigenvalue weighted by Crippen LogP contribution is -2.72. The summed E-state index contributed by atoms with van der Waals surface area (Å²) in [6, 6.07) is 0. The molecule has 1 N–H and O–H groups in total. The lowest BCUT2D eigenvalue weighted by Gasteiger charge is -2.62. The van der Waals surface area contributed by atoms with Crippen molar-refractivity contribution in [2.75, 3.05) is 31.6 Å². The van der Waals surface area contributed by atoms with E-state index in [0.717, 1.165) is 31.9 Å². The number of rotatable bonds is 5. The summed E-state index contributed by atoms with van der Waals surface area (Å²) in [7, 11) is -2.94. The first kappa shape index (κ1) is 21.0. The van der Waals surface area contributed by atoms with E-state index in [1.807, 2.05) is 0 Å². The first-order valence-electron chi connectivity index (χ1n) is 8.16. The van der Waals surface area contributed by atoms with E-state index in [2.05, 4.69) is 44.8 Å². The standard InChI is InChI=1S/C16H31N3O2S.HI/c1-7-17-13(19-11-14(2,3)15(19,4)5)18-10-16(8-9-16)12-22(6,20)21;/h7-12H2,1-6H3,(H,17,18);1H. The molecule has 23 heavy (non-hydrogen) atoms. The minimum absolute atomic E-state index is 0. The second-order valence-electron chi connectivity index (χ2n) is 8.27. The molecular weight excluding hydrogens is 425 g/mol. The molecule has 1 aliphatic heterocycles. The van der Waals surface area contributed by atoms with Gasteiger partial charge in [0, 0.05) is 42.3 Å². The molecule has 5 nitrogen and oxygen atoms in total. The number of nitrogens with zero attached hydrogens (tertiary/aromatic N) is 2. The normalized spacial score (nSPS) is 24.4. The van der Waals surface area contributed by atoms with E-state index in [-0.39, 0.29) is 46.1 Å². The van der Waals surface area contributed by atoms with Gasteiger partial charge in [0.2, 0.25) is 0 Å². The average Bonchev–Trinajstić information content (AvgIpc) is 3.09. The van der Waals surface area contributed by atoms with Crippen LogP contribution in [0.15, 0.2) is 4.99 Å². The van der Waals surface area contributed by atoms with Crippen LogP contribution in [0.1, 0.15) is 47.5 Å². The molecule has 0 aromatic heterocycles. The van der Waals surface area contributed by atoms with Crippen LogP contribution in [0.25, 0.3) is 0 Å². The molecule has 2 fully saturated rings. The molecule has 1 aliphatic carbocycles. The van der Waals surface area contributed by atoms with E-state index < -0.39 is 9.84 Å². The largest absolute Gasteiger partial charge is 0.356 e. The smallest absolute Gasteiger partial charge is 0.194 e. The molecule has 7 heteroatoms. The average molecular weight is 457 g/mol. The fourth-order valence-electron chi connectivity index (χ4n) is 3.12. The molecule has 1 heterocycles. The number of guanidine groups is 1. The fourth-order valence-corrected chi connectivity index (χ4v) is 4.61. The molecule has 0 bridgehead atoms. The Morgan fingerprint density at radius 3 is 2.13 bits per heavy atom. The quantitative estimate of drug-likeness (QED) is 0.392. The summed E-state index contributed by atoms with van der Waals surface area (Å²) in [6.45, 7) is 13.5. The maximum atomic E-state index is 11.6. The van der Waals surface area contributed by atoms with E-state index in [0.29, 0.717) is 6.54 Å². The van der Waals surface area contributed by atoms with E-state index >= 15 is 0 Å². The molecular formula is C16H32IN3O2S. The van der Waals surface area contributed by atoms with Crippen molar-refractivity contribution in [3.63, 3.8) is 0 Å². The van der Waals surface area contributed by atoms with E-state index in [1.54, 1.807) is 0 Å². The van der Waals surface area contributed by atoms with Crippen molar-refractivity contribution in [1.29, 1.82) is 0 Å². The summed E-state index contributed by atoms with van der Waals surface area (Å²) in [6.07, 6.45) is 3.26. The van der Waals surface area contributed by atoms with Gasteiger partial charge in [-0.2, -0.15) is 0 Å². The molecule has 136 valence electrons. The predicted molar refractivity (Wildman–Crippen MR) is 107 cm³/mol. The first-order valence-corrected chi connectivity index (χ1v) is 10.2. The van der Waals surface area contributed by atoms with Gasteiger partial charge >= 0.3 is 0 Å². The van der Waals surface area contributed by atoms with Gasteiger partial charge in [0.15, 0.2) is 5.96 Å². The van der Waals surface area contributed by atoms with Gasteiger partial charge < -0.3 is 10.2 Å². The molecule has 0 atom stereocenters. The Hall–Kier alpha value is -0.0500. The molecule has 2 rings (SSSR count). The van der Waals surface area contributed by atoms with Crippen molar-refractivity contribution >= 4 is 39.8 Å². The summed E-state index contributed by atoms with van der Waals surface area (Å²) < 4.78 is 23.1. The van der Waals surface area contributed by atoms with Gasteiger partial charge in [-0.25, -0.2) is 8.42 Å². The minimum Gasteiger partial charge on any atom is -0.356 e. The molecule has 0 amide bonds. The third-order valence-corrected chi connectivity index (χ3v) is 6.70. The van der Waals surface area contributed by atoms with E-state index in [1.165, 1.54) is 6.26 Å². The first-order chi connectivity index (χ1) is 9.93. The number of hydrogen-bond acceptors (Lipinski definition) is 3. The zero-order chi connectivity index (χ0) is 16.8. The molecule has 0 aromatic carbocycles. The van der Waals surface area contributed by atoms with Crippen LogP contribution in [-0.2, 0) is 9.84 Å². The molecule has 1 saturated carbocycles. The number of likely N-dealkylation sites (tertiary alicyclic amines) is 1. The number of sulfone groups is 1. The van der Waals surface area contributed by atoms with E-state index in [9.17, 15) is 8.42 Å². The van der Waals surface area contributed by atoms with Crippen molar-refractivity contribution in [3.05, 3.63) is 0 Å². The summed E-state index contributed by atoms with van der Waals surface area (Å²) in [4.78, 5) is 7.09. The van der Waals surface area contributed by atoms with Crippen LogP contribution in [0.5, 0.6) is 0 Å². The number of hydrogen-bond donors (Lipinski definition) is 1. The van der Waals surface area contributed by atoms with Gasteiger partial charge in [0.1, 0.15) is 9.84 Å². The van der Waals surface area contributed by atoms with Crippen LogP contribution >= 0.6 is 24.0 Å². The highest BCUT2D eigenvalue weighted by Crippen LogP contribution is 2.48. The Labute approximate surface area is 158 Å². The van der Waals surface area contributed by atoms with E-state index in [4.69, 9.17) is 4.99 Å². The van der Waals surface area contributed by atoms with Crippen molar-refractivity contribution in [3.8, 4) is 0 Å². The lowest BCUT2D eigenvalue weighted by molar-refractivity contribution is -0.0668. The zero-order valence-electron chi connectivity index (χ0n) is 15.3. The Morgan fingerprint density at radius 1 is 1.22 bits per heavy atom. The SMILES string of the molecule is CCNC(=NCC1(CS(C)(=O)=O)CC1)N1CC(C)(C)C1(C)C.I. The Morgan fingerprint density at radius 2 is 1.78 bits per heavy atom. The minimum atomic E-state index is -2.94. The summed E-state index contributed by atoms with van der Waals surface area (Å²) in [5.41, 5.74) is 0.202. The highest BCUT2D eigenvalue weighted by atomic mass is 127. The van der Waals surface area contributed by atoms with Crippen LogP contribution in [-0.4, -0.2) is 56.5 Å². The monoisotopic (exact) mass is 457 g/mol.